The van der Waals surface area contributed by atoms with Crippen LogP contribution in [0.3, 0.4) is 0 Å². The van der Waals surface area contributed by atoms with Crippen molar-refractivity contribution in [2.45, 2.75) is 36.9 Å². The first-order valence-electron chi connectivity index (χ1n) is 11.0. The summed E-state index contributed by atoms with van der Waals surface area (Å²) < 4.78 is 6.29. The van der Waals surface area contributed by atoms with Gasteiger partial charge in [-0.25, -0.2) is 0 Å². The number of aliphatic hydroxyl groups is 1. The molecule has 4 atom stereocenters. The average Bonchev–Trinajstić information content (AvgIpc) is 3.14. The molecule has 1 spiro atoms. The number of ether oxygens (including phenoxy) is 1. The van der Waals surface area contributed by atoms with Crippen molar-refractivity contribution in [1.29, 1.82) is 0 Å². The minimum atomic E-state index is -0.639. The topological polar surface area (TPSA) is 52.9 Å². The zero-order valence-electron chi connectivity index (χ0n) is 17.0. The van der Waals surface area contributed by atoms with Crippen molar-refractivity contribution in [2.75, 3.05) is 19.6 Å². The van der Waals surface area contributed by atoms with Gasteiger partial charge in [-0.2, -0.15) is 0 Å². The first-order chi connectivity index (χ1) is 14.6. The van der Waals surface area contributed by atoms with Gasteiger partial charge in [-0.15, -0.1) is 0 Å². The van der Waals surface area contributed by atoms with Crippen LogP contribution in [-0.2, 0) is 11.8 Å². The monoisotopic (exact) mass is 401 g/mol. The third-order valence-corrected chi connectivity index (χ3v) is 7.85. The molecule has 1 saturated heterocycles. The van der Waals surface area contributed by atoms with Crippen molar-refractivity contribution in [2.24, 2.45) is 5.41 Å². The Labute approximate surface area is 177 Å². The maximum absolute atomic E-state index is 10.8. The molecular formula is C26H27NO3. The van der Waals surface area contributed by atoms with E-state index in [1.165, 1.54) is 16.7 Å². The highest BCUT2D eigenvalue weighted by Gasteiger charge is 2.67. The third-order valence-electron chi connectivity index (χ3n) is 7.85. The van der Waals surface area contributed by atoms with E-state index in [0.717, 1.165) is 38.9 Å². The van der Waals surface area contributed by atoms with E-state index in [1.807, 2.05) is 12.1 Å². The molecule has 2 N–H and O–H groups in total. The van der Waals surface area contributed by atoms with E-state index in [9.17, 15) is 10.2 Å². The molecule has 0 amide bonds. The molecule has 2 aliphatic carbocycles. The summed E-state index contributed by atoms with van der Waals surface area (Å²) in [5.74, 6) is 0.815. The van der Waals surface area contributed by atoms with Gasteiger partial charge in [0.2, 0.25) is 0 Å². The van der Waals surface area contributed by atoms with Crippen molar-refractivity contribution in [3.63, 3.8) is 0 Å². The van der Waals surface area contributed by atoms with Gasteiger partial charge in [0.25, 0.3) is 0 Å². The van der Waals surface area contributed by atoms with Crippen LogP contribution in [-0.4, -0.2) is 47.0 Å². The number of piperidine rings is 1. The molecule has 30 heavy (non-hydrogen) atoms. The molecule has 4 aliphatic rings. The van der Waals surface area contributed by atoms with E-state index in [2.05, 4.69) is 53.5 Å². The molecular weight excluding hydrogens is 374 g/mol. The van der Waals surface area contributed by atoms with Gasteiger partial charge in [-0.1, -0.05) is 60.7 Å². The second-order valence-corrected chi connectivity index (χ2v) is 9.26. The summed E-state index contributed by atoms with van der Waals surface area (Å²) in [5.41, 5.74) is 3.35. The summed E-state index contributed by atoms with van der Waals surface area (Å²) in [6.45, 7) is 2.81. The van der Waals surface area contributed by atoms with E-state index in [0.29, 0.717) is 5.75 Å². The lowest BCUT2D eigenvalue weighted by Crippen LogP contribution is -2.66. The Bertz CT molecular complexity index is 1050. The van der Waals surface area contributed by atoms with Crippen LogP contribution in [0.15, 0.2) is 60.7 Å². The SMILES string of the molecule is Oc1ccc2c3c1O[C@H]1[C@@H](O)C=CC4(CC2)CN(C/C=C/c2ccccc2)CCC314. The Hall–Kier alpha value is -2.56. The molecule has 4 heteroatoms. The van der Waals surface area contributed by atoms with Gasteiger partial charge in [0, 0.05) is 24.1 Å². The van der Waals surface area contributed by atoms with Crippen LogP contribution < -0.4 is 4.74 Å². The average molecular weight is 402 g/mol. The second kappa shape index (κ2) is 6.47. The van der Waals surface area contributed by atoms with Gasteiger partial charge < -0.3 is 14.9 Å². The molecule has 0 saturated carbocycles. The summed E-state index contributed by atoms with van der Waals surface area (Å²) >= 11 is 0. The summed E-state index contributed by atoms with van der Waals surface area (Å²) in [5, 5.41) is 21.3. The van der Waals surface area contributed by atoms with Crippen molar-refractivity contribution in [3.05, 3.63) is 77.4 Å². The Morgan fingerprint density at radius 3 is 2.87 bits per heavy atom. The highest BCUT2D eigenvalue weighted by atomic mass is 16.5. The number of hydrogen-bond donors (Lipinski definition) is 2. The number of phenolic OH excluding ortho intramolecular Hbond substituents is 1. The van der Waals surface area contributed by atoms with Crippen LogP contribution in [0, 0.1) is 5.41 Å². The van der Waals surface area contributed by atoms with Gasteiger partial charge >= 0.3 is 0 Å². The van der Waals surface area contributed by atoms with E-state index >= 15 is 0 Å². The first-order valence-corrected chi connectivity index (χ1v) is 11.0. The fourth-order valence-corrected chi connectivity index (χ4v) is 6.55. The number of benzene rings is 2. The molecule has 2 aromatic rings. The number of aliphatic hydroxyl groups excluding tert-OH is 1. The first kappa shape index (κ1) is 18.2. The number of aryl methyl sites for hydroxylation is 1. The van der Waals surface area contributed by atoms with Crippen molar-refractivity contribution < 1.29 is 14.9 Å². The van der Waals surface area contributed by atoms with Gasteiger partial charge in [0.05, 0.1) is 5.41 Å². The van der Waals surface area contributed by atoms with Crippen LogP contribution >= 0.6 is 0 Å². The molecule has 4 nitrogen and oxygen atoms in total. The molecule has 0 aromatic heterocycles. The van der Waals surface area contributed by atoms with E-state index in [4.69, 9.17) is 4.74 Å². The van der Waals surface area contributed by atoms with E-state index < -0.39 is 6.10 Å². The number of phenols is 1. The number of likely N-dealkylation sites (tertiary alicyclic amines) is 1. The van der Waals surface area contributed by atoms with Crippen LogP contribution in [0.4, 0.5) is 0 Å². The minimum Gasteiger partial charge on any atom is -0.504 e. The fourth-order valence-electron chi connectivity index (χ4n) is 6.55. The Morgan fingerprint density at radius 2 is 2.00 bits per heavy atom. The quantitative estimate of drug-likeness (QED) is 0.771. The van der Waals surface area contributed by atoms with Crippen LogP contribution in [0.2, 0.25) is 0 Å². The highest BCUT2D eigenvalue weighted by Crippen LogP contribution is 2.66. The Morgan fingerprint density at radius 1 is 1.13 bits per heavy atom. The van der Waals surface area contributed by atoms with Gasteiger partial charge in [0.15, 0.2) is 11.5 Å². The highest BCUT2D eigenvalue weighted by molar-refractivity contribution is 5.62. The normalized spacial score (nSPS) is 33.9. The van der Waals surface area contributed by atoms with E-state index in [-0.39, 0.29) is 22.7 Å². The van der Waals surface area contributed by atoms with Gasteiger partial charge in [-0.05, 0) is 43.0 Å². The molecule has 2 aromatic carbocycles. The van der Waals surface area contributed by atoms with Gasteiger partial charge in [-0.3, -0.25) is 4.90 Å². The third kappa shape index (κ3) is 2.35. The predicted molar refractivity (Wildman–Crippen MR) is 117 cm³/mol. The van der Waals surface area contributed by atoms with Crippen molar-refractivity contribution >= 4 is 6.08 Å². The Kier molecular flexibility index (Phi) is 3.93. The summed E-state index contributed by atoms with van der Waals surface area (Å²) in [7, 11) is 0. The van der Waals surface area contributed by atoms with Crippen molar-refractivity contribution in [3.8, 4) is 11.5 Å². The number of hydrogen-bond acceptors (Lipinski definition) is 4. The zero-order valence-corrected chi connectivity index (χ0v) is 17.0. The van der Waals surface area contributed by atoms with Crippen LogP contribution in [0.5, 0.6) is 11.5 Å². The van der Waals surface area contributed by atoms with Gasteiger partial charge in [0.1, 0.15) is 12.2 Å². The molecule has 2 heterocycles. The molecule has 1 fully saturated rings. The second-order valence-electron chi connectivity index (χ2n) is 9.26. The van der Waals surface area contributed by atoms with Crippen LogP contribution in [0.25, 0.3) is 6.08 Å². The number of nitrogens with zero attached hydrogens (tertiary/aromatic N) is 1. The Balaban J connectivity index is 1.35. The lowest BCUT2D eigenvalue weighted by Gasteiger charge is -2.60. The summed E-state index contributed by atoms with van der Waals surface area (Å²) in [6.07, 6.45) is 10.7. The largest absolute Gasteiger partial charge is 0.504 e. The van der Waals surface area contributed by atoms with Crippen LogP contribution in [0.1, 0.15) is 29.5 Å². The molecule has 2 aliphatic heterocycles. The zero-order chi connectivity index (χ0) is 20.3. The minimum absolute atomic E-state index is 0.0677. The smallest absolute Gasteiger partial charge is 0.165 e. The molecule has 2 unspecified atom stereocenters. The number of rotatable bonds is 3. The summed E-state index contributed by atoms with van der Waals surface area (Å²) in [4.78, 5) is 2.52. The molecule has 0 radical (unpaired) electrons. The molecule has 6 rings (SSSR count). The fraction of sp³-hybridized carbons (Fsp3) is 0.385. The molecule has 0 bridgehead atoms. The maximum Gasteiger partial charge on any atom is 0.165 e. The number of aromatic hydroxyl groups is 1. The summed E-state index contributed by atoms with van der Waals surface area (Å²) in [6, 6.07) is 14.2. The standard InChI is InChI=1S/C26H27NO3/c28-20-9-8-19-10-12-25-13-11-21(29)24-26(25,22(19)23(20)30-24)14-16-27(17-25)15-4-7-18-5-2-1-3-6-18/h1-9,11,13,21,24,28-29H,10,12,14-17H2/b7-4+/t21-,24-,25?,26?/m0/s1. The van der Waals surface area contributed by atoms with Crippen molar-refractivity contribution in [1.82, 2.24) is 4.90 Å². The molecule has 154 valence electrons. The lowest BCUT2D eigenvalue weighted by atomic mass is 9.47. The lowest BCUT2D eigenvalue weighted by molar-refractivity contribution is -0.0720. The van der Waals surface area contributed by atoms with E-state index in [1.54, 1.807) is 6.07 Å². The maximum atomic E-state index is 10.8. The predicted octanol–water partition coefficient (Wildman–Crippen LogP) is 3.67.